The summed E-state index contributed by atoms with van der Waals surface area (Å²) in [6.45, 7) is 7.62. The van der Waals surface area contributed by atoms with E-state index in [2.05, 4.69) is 27.8 Å². The molecular weight excluding hydrogens is 248 g/mol. The summed E-state index contributed by atoms with van der Waals surface area (Å²) in [7, 11) is 0. The highest BCUT2D eigenvalue weighted by Gasteiger charge is 2.32. The molecule has 2 aliphatic heterocycles. The smallest absolute Gasteiger partial charge is 0.0489 e. The molecule has 2 unspecified atom stereocenters. The molecule has 2 fully saturated rings. The Labute approximate surface area is 122 Å². The predicted molar refractivity (Wildman–Crippen MR) is 81.6 cm³/mol. The second kappa shape index (κ2) is 6.20. The number of nitrogens with zero attached hydrogens (tertiary/aromatic N) is 3. The van der Waals surface area contributed by atoms with Crippen LogP contribution in [0.2, 0.25) is 0 Å². The Balaban J connectivity index is 1.75. The van der Waals surface area contributed by atoms with Crippen molar-refractivity contribution < 1.29 is 0 Å². The quantitative estimate of drug-likeness (QED) is 0.908. The van der Waals surface area contributed by atoms with E-state index in [1.54, 1.807) is 0 Å². The molecule has 0 saturated carbocycles. The Morgan fingerprint density at radius 3 is 3.05 bits per heavy atom. The molecule has 20 heavy (non-hydrogen) atoms. The monoisotopic (exact) mass is 274 g/mol. The number of pyridine rings is 1. The normalized spacial score (nSPS) is 26.2. The molecule has 4 heteroatoms. The van der Waals surface area contributed by atoms with Crippen LogP contribution < -0.4 is 5.73 Å². The first-order valence-electron chi connectivity index (χ1n) is 7.88. The van der Waals surface area contributed by atoms with Crippen molar-refractivity contribution in [3.63, 3.8) is 0 Å². The Morgan fingerprint density at radius 2 is 2.25 bits per heavy atom. The van der Waals surface area contributed by atoms with Crippen LogP contribution in [0.3, 0.4) is 0 Å². The van der Waals surface area contributed by atoms with Crippen molar-refractivity contribution in [2.45, 2.75) is 38.3 Å². The molecule has 1 aromatic rings. The number of hydrogen-bond acceptors (Lipinski definition) is 4. The molecule has 0 aliphatic carbocycles. The van der Waals surface area contributed by atoms with Crippen LogP contribution in [0.25, 0.3) is 0 Å². The van der Waals surface area contributed by atoms with Crippen molar-refractivity contribution in [3.05, 3.63) is 29.6 Å². The van der Waals surface area contributed by atoms with Gasteiger partial charge in [-0.15, -0.1) is 0 Å². The average molecular weight is 274 g/mol. The third-order valence-corrected chi connectivity index (χ3v) is 4.97. The lowest BCUT2D eigenvalue weighted by atomic mass is 9.96. The molecule has 3 rings (SSSR count). The van der Waals surface area contributed by atoms with Crippen molar-refractivity contribution in [2.75, 3.05) is 32.7 Å². The summed E-state index contributed by atoms with van der Waals surface area (Å²) in [5.74, 6) is 0. The molecule has 2 saturated heterocycles. The maximum atomic E-state index is 6.09. The van der Waals surface area contributed by atoms with Gasteiger partial charge in [0.25, 0.3) is 0 Å². The lowest BCUT2D eigenvalue weighted by Crippen LogP contribution is -2.56. The van der Waals surface area contributed by atoms with Crippen LogP contribution in [-0.4, -0.2) is 53.5 Å². The zero-order chi connectivity index (χ0) is 13.9. The van der Waals surface area contributed by atoms with Gasteiger partial charge in [-0.3, -0.25) is 14.8 Å². The molecule has 0 amide bonds. The summed E-state index contributed by atoms with van der Waals surface area (Å²) < 4.78 is 0. The number of fused-ring (bicyclic) bond motifs is 1. The lowest BCUT2D eigenvalue weighted by Gasteiger charge is -2.46. The van der Waals surface area contributed by atoms with Gasteiger partial charge < -0.3 is 5.73 Å². The van der Waals surface area contributed by atoms with Crippen molar-refractivity contribution in [2.24, 2.45) is 5.73 Å². The first-order valence-corrected chi connectivity index (χ1v) is 7.88. The van der Waals surface area contributed by atoms with Gasteiger partial charge in [-0.2, -0.15) is 0 Å². The van der Waals surface area contributed by atoms with Gasteiger partial charge in [0.1, 0.15) is 0 Å². The van der Waals surface area contributed by atoms with Gasteiger partial charge in [0.2, 0.25) is 0 Å². The van der Waals surface area contributed by atoms with Gasteiger partial charge >= 0.3 is 0 Å². The van der Waals surface area contributed by atoms with E-state index < -0.39 is 0 Å². The van der Waals surface area contributed by atoms with Crippen molar-refractivity contribution >= 4 is 0 Å². The molecule has 2 aliphatic rings. The highest BCUT2D eigenvalue weighted by molar-refractivity contribution is 5.25. The van der Waals surface area contributed by atoms with Gasteiger partial charge in [-0.1, -0.05) is 6.42 Å². The van der Waals surface area contributed by atoms with Crippen molar-refractivity contribution in [1.82, 2.24) is 14.8 Å². The molecule has 0 bridgehead atoms. The molecule has 2 N–H and O–H groups in total. The SMILES string of the molecule is Cc1ccncc1C(CN)N1CCN2CCCCC2C1. The summed E-state index contributed by atoms with van der Waals surface area (Å²) in [4.78, 5) is 9.55. The Hall–Kier alpha value is -0.970. The van der Waals surface area contributed by atoms with Crippen LogP contribution in [0.5, 0.6) is 0 Å². The van der Waals surface area contributed by atoms with Gasteiger partial charge in [-0.05, 0) is 43.5 Å². The summed E-state index contributed by atoms with van der Waals surface area (Å²) in [5, 5.41) is 0. The van der Waals surface area contributed by atoms with Gasteiger partial charge in [0.15, 0.2) is 0 Å². The maximum absolute atomic E-state index is 6.09. The number of aryl methyl sites for hydroxylation is 1. The van der Waals surface area contributed by atoms with E-state index in [0.717, 1.165) is 19.1 Å². The fourth-order valence-electron chi connectivity index (χ4n) is 3.76. The van der Waals surface area contributed by atoms with Crippen LogP contribution in [0.4, 0.5) is 0 Å². The van der Waals surface area contributed by atoms with Crippen LogP contribution in [0, 0.1) is 6.92 Å². The molecular formula is C16H26N4. The number of piperazine rings is 1. The number of hydrogen-bond donors (Lipinski definition) is 1. The fraction of sp³-hybridized carbons (Fsp3) is 0.688. The summed E-state index contributed by atoms with van der Waals surface area (Å²) in [5.41, 5.74) is 8.70. The van der Waals surface area contributed by atoms with Crippen LogP contribution in [0.15, 0.2) is 18.5 Å². The largest absolute Gasteiger partial charge is 0.329 e. The van der Waals surface area contributed by atoms with Crippen LogP contribution in [-0.2, 0) is 0 Å². The molecule has 0 aromatic carbocycles. The molecule has 4 nitrogen and oxygen atoms in total. The maximum Gasteiger partial charge on any atom is 0.0489 e. The average Bonchev–Trinajstić information content (AvgIpc) is 2.50. The first kappa shape index (κ1) is 14.0. The molecule has 2 atom stereocenters. The van der Waals surface area contributed by atoms with Gasteiger partial charge in [0, 0.05) is 50.7 Å². The molecule has 110 valence electrons. The van der Waals surface area contributed by atoms with E-state index in [0.29, 0.717) is 12.6 Å². The van der Waals surface area contributed by atoms with Crippen LogP contribution >= 0.6 is 0 Å². The highest BCUT2D eigenvalue weighted by Crippen LogP contribution is 2.28. The van der Waals surface area contributed by atoms with E-state index in [1.165, 1.54) is 43.5 Å². The predicted octanol–water partition coefficient (Wildman–Crippen LogP) is 1.56. The van der Waals surface area contributed by atoms with Gasteiger partial charge in [-0.25, -0.2) is 0 Å². The Bertz CT molecular complexity index is 448. The molecule has 3 heterocycles. The number of rotatable bonds is 3. The molecule has 1 aromatic heterocycles. The van der Waals surface area contributed by atoms with Gasteiger partial charge in [0.05, 0.1) is 0 Å². The molecule has 0 radical (unpaired) electrons. The third-order valence-electron chi connectivity index (χ3n) is 4.97. The van der Waals surface area contributed by atoms with E-state index in [9.17, 15) is 0 Å². The minimum absolute atomic E-state index is 0.327. The lowest BCUT2D eigenvalue weighted by molar-refractivity contribution is 0.0284. The van der Waals surface area contributed by atoms with E-state index >= 15 is 0 Å². The first-order chi connectivity index (χ1) is 9.79. The third kappa shape index (κ3) is 2.73. The van der Waals surface area contributed by atoms with Crippen LogP contribution in [0.1, 0.15) is 36.4 Å². The van der Waals surface area contributed by atoms with Crippen molar-refractivity contribution in [1.29, 1.82) is 0 Å². The zero-order valence-electron chi connectivity index (χ0n) is 12.5. The Morgan fingerprint density at radius 1 is 1.35 bits per heavy atom. The number of piperidine rings is 1. The second-order valence-corrected chi connectivity index (χ2v) is 6.16. The summed E-state index contributed by atoms with van der Waals surface area (Å²) >= 11 is 0. The summed E-state index contributed by atoms with van der Waals surface area (Å²) in [6.07, 6.45) is 7.97. The fourth-order valence-corrected chi connectivity index (χ4v) is 3.76. The minimum atomic E-state index is 0.327. The number of aromatic nitrogens is 1. The van der Waals surface area contributed by atoms with E-state index in [-0.39, 0.29) is 0 Å². The second-order valence-electron chi connectivity index (χ2n) is 6.16. The molecule has 0 spiro atoms. The number of nitrogens with two attached hydrogens (primary N) is 1. The van der Waals surface area contributed by atoms with E-state index in [1.807, 2.05) is 12.4 Å². The summed E-state index contributed by atoms with van der Waals surface area (Å²) in [6, 6.07) is 3.16. The zero-order valence-corrected chi connectivity index (χ0v) is 12.5. The standard InChI is InChI=1S/C16H26N4/c1-13-5-6-18-11-15(13)16(10-17)20-9-8-19-7-3-2-4-14(19)12-20/h5-6,11,14,16H,2-4,7-10,12,17H2,1H3. The Kier molecular flexibility index (Phi) is 4.34. The topological polar surface area (TPSA) is 45.4 Å². The highest BCUT2D eigenvalue weighted by atomic mass is 15.3. The minimum Gasteiger partial charge on any atom is -0.329 e. The van der Waals surface area contributed by atoms with E-state index in [4.69, 9.17) is 5.73 Å². The van der Waals surface area contributed by atoms with Crippen molar-refractivity contribution in [3.8, 4) is 0 Å².